The minimum absolute atomic E-state index is 0. The van der Waals surface area contributed by atoms with Crippen molar-refractivity contribution in [3.8, 4) is 17.2 Å². The number of rotatable bonds is 8. The molecule has 0 bridgehead atoms. The molecule has 2 N–H and O–H groups in total. The van der Waals surface area contributed by atoms with E-state index in [0.29, 0.717) is 30.5 Å². The summed E-state index contributed by atoms with van der Waals surface area (Å²) in [7, 11) is 5.00. The SMILES string of the molecule is CN=C(NCc1ccc(OC)c(OC)c1)NCC(C)Oc1ccccc1.I. The van der Waals surface area contributed by atoms with Gasteiger partial charge in [-0.15, -0.1) is 24.0 Å². The third-order valence-corrected chi connectivity index (χ3v) is 3.77. The third-order valence-electron chi connectivity index (χ3n) is 3.77. The average molecular weight is 485 g/mol. The number of methoxy groups -OCH3 is 2. The van der Waals surface area contributed by atoms with Gasteiger partial charge in [0.2, 0.25) is 0 Å². The van der Waals surface area contributed by atoms with Crippen molar-refractivity contribution >= 4 is 29.9 Å². The zero-order chi connectivity index (χ0) is 18.8. The fourth-order valence-corrected chi connectivity index (χ4v) is 2.41. The van der Waals surface area contributed by atoms with Gasteiger partial charge in [0.05, 0.1) is 20.8 Å². The van der Waals surface area contributed by atoms with Crippen molar-refractivity contribution in [2.75, 3.05) is 27.8 Å². The lowest BCUT2D eigenvalue weighted by Gasteiger charge is -2.18. The van der Waals surface area contributed by atoms with E-state index in [2.05, 4.69) is 15.6 Å². The van der Waals surface area contributed by atoms with Crippen LogP contribution in [0.25, 0.3) is 0 Å². The highest BCUT2D eigenvalue weighted by molar-refractivity contribution is 14.0. The summed E-state index contributed by atoms with van der Waals surface area (Å²) < 4.78 is 16.4. The number of nitrogens with one attached hydrogen (secondary N) is 2. The Morgan fingerprint density at radius 2 is 1.70 bits per heavy atom. The van der Waals surface area contributed by atoms with Crippen molar-refractivity contribution in [2.45, 2.75) is 19.6 Å². The molecule has 0 saturated heterocycles. The number of hydrogen-bond donors (Lipinski definition) is 2. The predicted octanol–water partition coefficient (Wildman–Crippen LogP) is 3.45. The molecule has 2 aromatic rings. The van der Waals surface area contributed by atoms with Crippen LogP contribution in [-0.2, 0) is 6.54 Å². The third kappa shape index (κ3) is 7.54. The van der Waals surface area contributed by atoms with E-state index in [0.717, 1.165) is 11.3 Å². The average Bonchev–Trinajstić information content (AvgIpc) is 2.68. The van der Waals surface area contributed by atoms with E-state index in [4.69, 9.17) is 14.2 Å². The summed E-state index contributed by atoms with van der Waals surface area (Å²) in [5.41, 5.74) is 1.07. The summed E-state index contributed by atoms with van der Waals surface area (Å²) in [6.07, 6.45) is 0.0111. The lowest BCUT2D eigenvalue weighted by molar-refractivity contribution is 0.224. The van der Waals surface area contributed by atoms with Gasteiger partial charge in [-0.2, -0.15) is 0 Å². The Morgan fingerprint density at radius 1 is 1.00 bits per heavy atom. The van der Waals surface area contributed by atoms with Crippen LogP contribution in [0.2, 0.25) is 0 Å². The van der Waals surface area contributed by atoms with Gasteiger partial charge < -0.3 is 24.8 Å². The van der Waals surface area contributed by atoms with E-state index in [-0.39, 0.29) is 30.1 Å². The van der Waals surface area contributed by atoms with Crippen LogP contribution in [-0.4, -0.2) is 39.9 Å². The van der Waals surface area contributed by atoms with Gasteiger partial charge in [0.25, 0.3) is 0 Å². The maximum absolute atomic E-state index is 5.85. The van der Waals surface area contributed by atoms with Gasteiger partial charge in [0, 0.05) is 13.6 Å². The Labute approximate surface area is 178 Å². The fraction of sp³-hybridized carbons (Fsp3) is 0.350. The number of halogens is 1. The number of benzene rings is 2. The molecule has 0 saturated carbocycles. The molecule has 0 fully saturated rings. The zero-order valence-electron chi connectivity index (χ0n) is 16.2. The first-order valence-electron chi connectivity index (χ1n) is 8.53. The topological polar surface area (TPSA) is 64.1 Å². The van der Waals surface area contributed by atoms with Gasteiger partial charge in [0.15, 0.2) is 17.5 Å². The van der Waals surface area contributed by atoms with E-state index in [1.54, 1.807) is 21.3 Å². The summed E-state index contributed by atoms with van der Waals surface area (Å²) in [6, 6.07) is 15.6. The highest BCUT2D eigenvalue weighted by Gasteiger charge is 2.07. The van der Waals surface area contributed by atoms with Crippen molar-refractivity contribution in [1.29, 1.82) is 0 Å². The first kappa shape index (κ1) is 22.9. The van der Waals surface area contributed by atoms with E-state index >= 15 is 0 Å². The highest BCUT2D eigenvalue weighted by Crippen LogP contribution is 2.27. The molecule has 0 radical (unpaired) electrons. The summed E-state index contributed by atoms with van der Waals surface area (Å²) in [5, 5.41) is 6.55. The number of ether oxygens (including phenoxy) is 3. The molecular weight excluding hydrogens is 457 g/mol. The number of guanidine groups is 1. The molecule has 1 atom stereocenters. The number of hydrogen-bond acceptors (Lipinski definition) is 4. The quantitative estimate of drug-likeness (QED) is 0.341. The lowest BCUT2D eigenvalue weighted by atomic mass is 10.2. The molecule has 0 amide bonds. The minimum Gasteiger partial charge on any atom is -0.493 e. The van der Waals surface area contributed by atoms with Crippen LogP contribution < -0.4 is 24.8 Å². The summed E-state index contributed by atoms with van der Waals surface area (Å²) in [5.74, 6) is 2.99. The van der Waals surface area contributed by atoms with Crippen LogP contribution in [0.1, 0.15) is 12.5 Å². The minimum atomic E-state index is 0. The van der Waals surface area contributed by atoms with Gasteiger partial charge in [0.1, 0.15) is 11.9 Å². The predicted molar refractivity (Wildman–Crippen MR) is 120 cm³/mol. The number of para-hydroxylation sites is 1. The summed E-state index contributed by atoms with van der Waals surface area (Å²) in [6.45, 7) is 3.27. The molecule has 0 aliphatic heterocycles. The molecule has 148 valence electrons. The second-order valence-corrected chi connectivity index (χ2v) is 5.74. The van der Waals surface area contributed by atoms with E-state index in [1.807, 2.05) is 55.5 Å². The molecule has 6 nitrogen and oxygen atoms in total. The number of nitrogens with zero attached hydrogens (tertiary/aromatic N) is 1. The summed E-state index contributed by atoms with van der Waals surface area (Å²) in [4.78, 5) is 4.24. The van der Waals surface area contributed by atoms with E-state index < -0.39 is 0 Å². The lowest BCUT2D eigenvalue weighted by Crippen LogP contribution is -2.41. The van der Waals surface area contributed by atoms with Gasteiger partial charge in [-0.3, -0.25) is 4.99 Å². The molecule has 27 heavy (non-hydrogen) atoms. The number of aliphatic imine (C=N–C) groups is 1. The van der Waals surface area contributed by atoms with Crippen LogP contribution in [0.3, 0.4) is 0 Å². The molecule has 1 unspecified atom stereocenters. The monoisotopic (exact) mass is 485 g/mol. The maximum Gasteiger partial charge on any atom is 0.191 e. The van der Waals surface area contributed by atoms with Gasteiger partial charge in [-0.1, -0.05) is 24.3 Å². The van der Waals surface area contributed by atoms with Crippen molar-refractivity contribution in [2.24, 2.45) is 4.99 Å². The largest absolute Gasteiger partial charge is 0.493 e. The fourth-order valence-electron chi connectivity index (χ4n) is 2.41. The van der Waals surface area contributed by atoms with Crippen LogP contribution in [0.4, 0.5) is 0 Å². The smallest absolute Gasteiger partial charge is 0.191 e. The van der Waals surface area contributed by atoms with Crippen molar-refractivity contribution in [3.63, 3.8) is 0 Å². The second kappa shape index (κ2) is 12.3. The highest BCUT2D eigenvalue weighted by atomic mass is 127. The van der Waals surface area contributed by atoms with Crippen molar-refractivity contribution in [1.82, 2.24) is 10.6 Å². The van der Waals surface area contributed by atoms with Crippen LogP contribution >= 0.6 is 24.0 Å². The Bertz CT molecular complexity index is 711. The molecule has 7 heteroatoms. The Hall–Kier alpha value is -2.16. The zero-order valence-corrected chi connectivity index (χ0v) is 18.5. The molecule has 0 aliphatic rings. The van der Waals surface area contributed by atoms with Gasteiger partial charge in [-0.25, -0.2) is 0 Å². The normalized spacial score (nSPS) is 11.8. The summed E-state index contributed by atoms with van der Waals surface area (Å²) >= 11 is 0. The van der Waals surface area contributed by atoms with Gasteiger partial charge >= 0.3 is 0 Å². The van der Waals surface area contributed by atoms with Crippen LogP contribution in [0.15, 0.2) is 53.5 Å². The molecule has 0 aromatic heterocycles. The van der Waals surface area contributed by atoms with Crippen molar-refractivity contribution < 1.29 is 14.2 Å². The first-order chi connectivity index (χ1) is 12.7. The molecule has 0 spiro atoms. The van der Waals surface area contributed by atoms with Crippen LogP contribution in [0, 0.1) is 0 Å². The van der Waals surface area contributed by atoms with Crippen LogP contribution in [0.5, 0.6) is 17.2 Å². The standard InChI is InChI=1S/C20H27N3O3.HI/c1-15(26-17-8-6-5-7-9-17)13-22-20(21-2)23-14-16-10-11-18(24-3)19(12-16)25-4;/h5-12,15H,13-14H2,1-4H3,(H2,21,22,23);1H. The molecule has 2 aromatic carbocycles. The first-order valence-corrected chi connectivity index (χ1v) is 8.53. The molecule has 0 aliphatic carbocycles. The Kier molecular flexibility index (Phi) is 10.4. The van der Waals surface area contributed by atoms with Gasteiger partial charge in [-0.05, 0) is 36.8 Å². The maximum atomic E-state index is 5.85. The Morgan fingerprint density at radius 3 is 2.33 bits per heavy atom. The van der Waals surface area contributed by atoms with E-state index in [1.165, 1.54) is 0 Å². The molecule has 2 rings (SSSR count). The van der Waals surface area contributed by atoms with E-state index in [9.17, 15) is 0 Å². The second-order valence-electron chi connectivity index (χ2n) is 5.74. The molecule has 0 heterocycles. The van der Waals surface area contributed by atoms with Crippen molar-refractivity contribution in [3.05, 3.63) is 54.1 Å². The molecular formula is C20H28IN3O3. The Balaban J connectivity index is 0.00000364.